The lowest BCUT2D eigenvalue weighted by atomic mass is 9.77. The summed E-state index contributed by atoms with van der Waals surface area (Å²) in [6.45, 7) is 5.35. The van der Waals surface area contributed by atoms with Gasteiger partial charge in [0.15, 0.2) is 0 Å². The highest BCUT2D eigenvalue weighted by atomic mass is 16.5. The van der Waals surface area contributed by atoms with Gasteiger partial charge < -0.3 is 20.1 Å². The molecule has 2 saturated heterocycles. The molecule has 1 aromatic rings. The lowest BCUT2D eigenvalue weighted by Gasteiger charge is -2.50. The highest BCUT2D eigenvalue weighted by Gasteiger charge is 2.48. The molecule has 1 amide bonds. The third-order valence-corrected chi connectivity index (χ3v) is 5.55. The minimum absolute atomic E-state index is 0.00840. The normalized spacial score (nSPS) is 29.7. The van der Waals surface area contributed by atoms with Gasteiger partial charge in [-0.05, 0) is 52.3 Å². The van der Waals surface area contributed by atoms with Gasteiger partial charge in [0.25, 0.3) is 5.91 Å². The van der Waals surface area contributed by atoms with Crippen LogP contribution in [0.4, 0.5) is 0 Å². The second-order valence-electron chi connectivity index (χ2n) is 7.30. The van der Waals surface area contributed by atoms with Crippen LogP contribution in [-0.4, -0.2) is 64.9 Å². The molecule has 6 heteroatoms. The number of pyridine rings is 1. The number of likely N-dealkylation sites (tertiary alicyclic amines) is 1. The number of likely N-dealkylation sites (N-methyl/N-ethyl adjacent to an activating group) is 1. The Morgan fingerprint density at radius 2 is 2.17 bits per heavy atom. The maximum atomic E-state index is 12.7. The smallest absolute Gasteiger partial charge is 0.255 e. The highest BCUT2D eigenvalue weighted by Crippen LogP contribution is 2.38. The Bertz CT molecular complexity index is 609. The zero-order chi connectivity index (χ0) is 17.4. The van der Waals surface area contributed by atoms with Gasteiger partial charge in [-0.15, -0.1) is 0 Å². The molecular formula is C18H27N3O3. The maximum Gasteiger partial charge on any atom is 0.255 e. The van der Waals surface area contributed by atoms with Crippen LogP contribution in [0.5, 0.6) is 0 Å². The average molecular weight is 333 g/mol. The Morgan fingerprint density at radius 3 is 2.79 bits per heavy atom. The lowest BCUT2D eigenvalue weighted by Crippen LogP contribution is -2.62. The van der Waals surface area contributed by atoms with Gasteiger partial charge in [0.05, 0.1) is 17.8 Å². The minimum atomic E-state index is -0.847. The number of amides is 1. The zero-order valence-electron chi connectivity index (χ0n) is 14.7. The Kier molecular flexibility index (Phi) is 4.64. The molecule has 0 unspecified atom stereocenters. The molecule has 0 aliphatic carbocycles. The fourth-order valence-corrected chi connectivity index (χ4v) is 3.81. The number of nitrogens with one attached hydrogen (secondary N) is 1. The fraction of sp³-hybridized carbons (Fsp3) is 0.667. The summed E-state index contributed by atoms with van der Waals surface area (Å²) in [7, 11) is 1.88. The molecule has 2 atom stereocenters. The van der Waals surface area contributed by atoms with Crippen LogP contribution in [0.15, 0.2) is 18.3 Å². The number of hydrogen-bond acceptors (Lipinski definition) is 5. The standard InChI is InChI=1S/C18H27N3O3/c1-13-14(5-4-8-20-13)16(22)21-9-6-18(7-10-21)11-15(19-3)17(2,23)12-24-18/h4-5,8,15,19,23H,6-7,9-12H2,1-3H3/t15-,17-/m0/s1. The van der Waals surface area contributed by atoms with Gasteiger partial charge >= 0.3 is 0 Å². The van der Waals surface area contributed by atoms with Crippen molar-refractivity contribution in [2.24, 2.45) is 0 Å². The van der Waals surface area contributed by atoms with Crippen molar-refractivity contribution in [1.82, 2.24) is 15.2 Å². The van der Waals surface area contributed by atoms with Crippen LogP contribution >= 0.6 is 0 Å². The van der Waals surface area contributed by atoms with E-state index in [0.29, 0.717) is 25.3 Å². The second-order valence-corrected chi connectivity index (χ2v) is 7.30. The molecule has 0 bridgehead atoms. The maximum absolute atomic E-state index is 12.7. The molecule has 3 heterocycles. The molecule has 1 aromatic heterocycles. The molecule has 0 radical (unpaired) electrons. The molecule has 0 saturated carbocycles. The SMILES string of the molecule is CN[C@H]1CC2(CCN(C(=O)c3cccnc3C)CC2)OC[C@]1(C)O. The zero-order valence-corrected chi connectivity index (χ0v) is 14.7. The number of aromatic nitrogens is 1. The minimum Gasteiger partial charge on any atom is -0.386 e. The van der Waals surface area contributed by atoms with E-state index in [2.05, 4.69) is 10.3 Å². The number of aliphatic hydroxyl groups is 1. The van der Waals surface area contributed by atoms with Gasteiger partial charge in [-0.3, -0.25) is 9.78 Å². The Balaban J connectivity index is 1.66. The van der Waals surface area contributed by atoms with Crippen LogP contribution in [0.25, 0.3) is 0 Å². The van der Waals surface area contributed by atoms with E-state index >= 15 is 0 Å². The van der Waals surface area contributed by atoms with Crippen molar-refractivity contribution < 1.29 is 14.6 Å². The van der Waals surface area contributed by atoms with E-state index in [1.54, 1.807) is 12.3 Å². The first-order valence-corrected chi connectivity index (χ1v) is 8.61. The summed E-state index contributed by atoms with van der Waals surface area (Å²) in [6.07, 6.45) is 4.07. The summed E-state index contributed by atoms with van der Waals surface area (Å²) in [5.74, 6) is 0.0448. The number of nitrogens with zero attached hydrogens (tertiary/aromatic N) is 2. The van der Waals surface area contributed by atoms with Crippen molar-refractivity contribution >= 4 is 5.91 Å². The molecule has 1 spiro atoms. The Hall–Kier alpha value is -1.50. The second kappa shape index (κ2) is 6.43. The third-order valence-electron chi connectivity index (χ3n) is 5.55. The van der Waals surface area contributed by atoms with Crippen molar-refractivity contribution in [3.63, 3.8) is 0 Å². The predicted octanol–water partition coefficient (Wildman–Crippen LogP) is 1.12. The van der Waals surface area contributed by atoms with E-state index in [1.165, 1.54) is 0 Å². The van der Waals surface area contributed by atoms with E-state index in [4.69, 9.17) is 4.74 Å². The Labute approximate surface area is 143 Å². The summed E-state index contributed by atoms with van der Waals surface area (Å²) in [4.78, 5) is 18.8. The summed E-state index contributed by atoms with van der Waals surface area (Å²) in [6, 6.07) is 3.64. The summed E-state index contributed by atoms with van der Waals surface area (Å²) in [5.41, 5.74) is 0.355. The first kappa shape index (κ1) is 17.3. The molecule has 6 nitrogen and oxygen atoms in total. The van der Waals surface area contributed by atoms with Crippen molar-refractivity contribution in [3.8, 4) is 0 Å². The average Bonchev–Trinajstić information content (AvgIpc) is 2.58. The lowest BCUT2D eigenvalue weighted by molar-refractivity contribution is -0.189. The van der Waals surface area contributed by atoms with Crippen LogP contribution < -0.4 is 5.32 Å². The summed E-state index contributed by atoms with van der Waals surface area (Å²) < 4.78 is 6.07. The first-order chi connectivity index (χ1) is 11.4. The van der Waals surface area contributed by atoms with Crippen molar-refractivity contribution in [3.05, 3.63) is 29.6 Å². The van der Waals surface area contributed by atoms with Gasteiger partial charge in [0.1, 0.15) is 5.60 Å². The number of hydrogen-bond donors (Lipinski definition) is 2. The third kappa shape index (κ3) is 3.18. The van der Waals surface area contributed by atoms with Crippen molar-refractivity contribution in [2.75, 3.05) is 26.7 Å². The quantitative estimate of drug-likeness (QED) is 0.848. The molecule has 2 N–H and O–H groups in total. The van der Waals surface area contributed by atoms with Gasteiger partial charge in [-0.1, -0.05) is 0 Å². The number of carbonyl (C=O) groups excluding carboxylic acids is 1. The first-order valence-electron chi connectivity index (χ1n) is 8.61. The summed E-state index contributed by atoms with van der Waals surface area (Å²) in [5, 5.41) is 13.6. The van der Waals surface area contributed by atoms with Crippen LogP contribution in [0.1, 0.15) is 42.2 Å². The molecule has 24 heavy (non-hydrogen) atoms. The molecule has 2 aliphatic rings. The molecule has 132 valence electrons. The van der Waals surface area contributed by atoms with Gasteiger partial charge in [-0.25, -0.2) is 0 Å². The molecule has 2 fully saturated rings. The van der Waals surface area contributed by atoms with Crippen molar-refractivity contribution in [2.45, 2.75) is 50.4 Å². The van der Waals surface area contributed by atoms with E-state index in [1.807, 2.05) is 31.9 Å². The Morgan fingerprint density at radius 1 is 1.46 bits per heavy atom. The van der Waals surface area contributed by atoms with Crippen molar-refractivity contribution in [1.29, 1.82) is 0 Å². The van der Waals surface area contributed by atoms with Gasteiger partial charge in [-0.2, -0.15) is 0 Å². The number of carbonyl (C=O) groups is 1. The van der Waals surface area contributed by atoms with E-state index in [9.17, 15) is 9.90 Å². The van der Waals surface area contributed by atoms with Crippen LogP contribution in [0.2, 0.25) is 0 Å². The molecule has 3 rings (SSSR count). The number of ether oxygens (including phenoxy) is 1. The topological polar surface area (TPSA) is 74.7 Å². The highest BCUT2D eigenvalue weighted by molar-refractivity contribution is 5.95. The molecule has 2 aliphatic heterocycles. The van der Waals surface area contributed by atoms with Gasteiger partial charge in [0.2, 0.25) is 0 Å². The molecular weight excluding hydrogens is 306 g/mol. The number of piperidine rings is 1. The van der Waals surface area contributed by atoms with Crippen LogP contribution in [0, 0.1) is 6.92 Å². The predicted molar refractivity (Wildman–Crippen MR) is 90.9 cm³/mol. The van der Waals surface area contributed by atoms with Crippen LogP contribution in [0.3, 0.4) is 0 Å². The van der Waals surface area contributed by atoms with Gasteiger partial charge in [0, 0.05) is 31.0 Å². The van der Waals surface area contributed by atoms with E-state index in [-0.39, 0.29) is 17.6 Å². The van der Waals surface area contributed by atoms with E-state index < -0.39 is 5.60 Å². The van der Waals surface area contributed by atoms with E-state index in [0.717, 1.165) is 25.0 Å². The fourth-order valence-electron chi connectivity index (χ4n) is 3.81. The number of rotatable bonds is 2. The number of aryl methyl sites for hydroxylation is 1. The van der Waals surface area contributed by atoms with Crippen LogP contribution in [-0.2, 0) is 4.74 Å². The molecule has 0 aromatic carbocycles. The summed E-state index contributed by atoms with van der Waals surface area (Å²) >= 11 is 0. The monoisotopic (exact) mass is 333 g/mol. The largest absolute Gasteiger partial charge is 0.386 e.